The monoisotopic (exact) mass is 471 g/mol. The van der Waals surface area contributed by atoms with Crippen LogP contribution in [-0.2, 0) is 34.5 Å². The fraction of sp³-hybridized carbons (Fsp3) is 0.321. The van der Waals surface area contributed by atoms with E-state index in [4.69, 9.17) is 14.2 Å². The second-order valence-corrected chi connectivity index (χ2v) is 9.13. The smallest absolute Gasteiger partial charge is 0.312 e. The first kappa shape index (κ1) is 23.1. The molecule has 1 saturated carbocycles. The first-order valence-electron chi connectivity index (χ1n) is 11.7. The minimum atomic E-state index is -0.562. The number of aromatic nitrogens is 3. The highest BCUT2D eigenvalue weighted by Crippen LogP contribution is 2.59. The number of hydrogen-bond acceptors (Lipinski definition) is 6. The zero-order chi connectivity index (χ0) is 24.4. The van der Waals surface area contributed by atoms with Gasteiger partial charge < -0.3 is 14.2 Å². The quantitative estimate of drug-likeness (QED) is 0.327. The van der Waals surface area contributed by atoms with Gasteiger partial charge in [0.05, 0.1) is 38.4 Å². The molecule has 5 rings (SSSR count). The van der Waals surface area contributed by atoms with Gasteiger partial charge in [0.15, 0.2) is 0 Å². The number of esters is 1. The Balaban J connectivity index is 1.41. The van der Waals surface area contributed by atoms with Gasteiger partial charge in [-0.3, -0.25) is 4.79 Å². The Morgan fingerprint density at radius 1 is 0.971 bits per heavy atom. The van der Waals surface area contributed by atoms with E-state index < -0.39 is 5.41 Å². The lowest BCUT2D eigenvalue weighted by atomic mass is 9.77. The summed E-state index contributed by atoms with van der Waals surface area (Å²) in [7, 11) is 5.00. The van der Waals surface area contributed by atoms with Gasteiger partial charge in [-0.2, -0.15) is 0 Å². The van der Waals surface area contributed by atoms with Crippen molar-refractivity contribution >= 4 is 17.0 Å². The van der Waals surface area contributed by atoms with Crippen molar-refractivity contribution in [1.82, 2.24) is 15.0 Å². The molecule has 3 aromatic carbocycles. The van der Waals surface area contributed by atoms with Crippen molar-refractivity contribution in [2.75, 3.05) is 14.2 Å². The summed E-state index contributed by atoms with van der Waals surface area (Å²) in [6, 6.07) is 22.3. The molecule has 1 aliphatic carbocycles. The summed E-state index contributed by atoms with van der Waals surface area (Å²) >= 11 is 0. The summed E-state index contributed by atoms with van der Waals surface area (Å²) in [4.78, 5) is 12.9. The molecule has 1 aliphatic rings. The zero-order valence-electron chi connectivity index (χ0n) is 20.2. The summed E-state index contributed by atoms with van der Waals surface area (Å²) in [6.45, 7) is 0.980. The molecule has 1 aromatic heterocycles. The number of methoxy groups -OCH3 is 2. The molecule has 0 radical (unpaired) electrons. The second-order valence-electron chi connectivity index (χ2n) is 9.13. The predicted octanol–water partition coefficient (Wildman–Crippen LogP) is 4.78. The number of benzene rings is 3. The maximum absolute atomic E-state index is 12.9. The van der Waals surface area contributed by atoms with Gasteiger partial charge in [0.25, 0.3) is 0 Å². The van der Waals surface area contributed by atoms with Crippen LogP contribution in [0.15, 0.2) is 66.7 Å². The Morgan fingerprint density at radius 2 is 1.71 bits per heavy atom. The van der Waals surface area contributed by atoms with Crippen LogP contribution in [0.3, 0.4) is 0 Å². The molecule has 1 unspecified atom stereocenters. The van der Waals surface area contributed by atoms with Crippen LogP contribution in [0.5, 0.6) is 5.75 Å². The Morgan fingerprint density at radius 3 is 2.43 bits per heavy atom. The molecule has 1 atom stereocenters. The van der Waals surface area contributed by atoms with Crippen LogP contribution in [0.1, 0.15) is 41.0 Å². The van der Waals surface area contributed by atoms with Gasteiger partial charge in [-0.15, -0.1) is 5.10 Å². The average Bonchev–Trinajstić information content (AvgIpc) is 3.61. The lowest BCUT2D eigenvalue weighted by Crippen LogP contribution is -2.26. The summed E-state index contributed by atoms with van der Waals surface area (Å²) in [6.07, 6.45) is 1.59. The van der Waals surface area contributed by atoms with Crippen molar-refractivity contribution in [2.45, 2.75) is 32.0 Å². The Kier molecular flexibility index (Phi) is 6.26. The number of carbonyl (C=O) groups is 1. The van der Waals surface area contributed by atoms with Gasteiger partial charge in [-0.05, 0) is 59.4 Å². The van der Waals surface area contributed by atoms with Gasteiger partial charge in [0.2, 0.25) is 0 Å². The highest BCUT2D eigenvalue weighted by molar-refractivity contribution is 5.83. The summed E-state index contributed by atoms with van der Waals surface area (Å²) in [5.41, 5.74) is 5.46. The molecule has 0 aliphatic heterocycles. The van der Waals surface area contributed by atoms with Crippen molar-refractivity contribution in [3.05, 3.63) is 89.0 Å². The van der Waals surface area contributed by atoms with Gasteiger partial charge in [0.1, 0.15) is 11.3 Å². The van der Waals surface area contributed by atoms with E-state index in [9.17, 15) is 4.79 Å². The van der Waals surface area contributed by atoms with E-state index >= 15 is 0 Å². The number of fused-ring (bicyclic) bond motifs is 1. The lowest BCUT2D eigenvalue weighted by Gasteiger charge is -2.26. The molecule has 35 heavy (non-hydrogen) atoms. The molecule has 1 fully saturated rings. The molecule has 7 heteroatoms. The Hall–Kier alpha value is -3.71. The van der Waals surface area contributed by atoms with E-state index in [-0.39, 0.29) is 11.9 Å². The molecule has 1 heterocycles. The predicted molar refractivity (Wildman–Crippen MR) is 132 cm³/mol. The highest BCUT2D eigenvalue weighted by Gasteiger charge is 2.57. The normalized spacial score (nSPS) is 15.1. The maximum Gasteiger partial charge on any atom is 0.312 e. The molecular weight excluding hydrogens is 442 g/mol. The van der Waals surface area contributed by atoms with Crippen LogP contribution in [0.25, 0.3) is 11.0 Å². The Labute approximate surface area is 204 Å². The highest BCUT2D eigenvalue weighted by atomic mass is 16.5. The van der Waals surface area contributed by atoms with Crippen molar-refractivity contribution in [3.8, 4) is 5.75 Å². The maximum atomic E-state index is 12.9. The minimum absolute atomic E-state index is 0.136. The van der Waals surface area contributed by atoms with Crippen molar-refractivity contribution in [1.29, 1.82) is 0 Å². The standard InChI is InChI=1S/C28H29N3O4/c1-31-25-12-9-22(16-24(25)29-30-31)26(28(13-14-28)27(32)34-3)21-6-4-5-20(15-21)18-35-17-19-7-10-23(33-2)11-8-19/h4-12,15-16,26H,13-14,17-18H2,1-3H3. The number of carbonyl (C=O) groups excluding carboxylic acids is 1. The minimum Gasteiger partial charge on any atom is -0.497 e. The third-order valence-corrected chi connectivity index (χ3v) is 6.88. The topological polar surface area (TPSA) is 75.5 Å². The molecule has 0 saturated heterocycles. The van der Waals surface area contributed by atoms with Gasteiger partial charge in [-0.25, -0.2) is 4.68 Å². The first-order valence-corrected chi connectivity index (χ1v) is 11.7. The van der Waals surface area contributed by atoms with E-state index in [1.807, 2.05) is 49.5 Å². The second kappa shape index (κ2) is 9.50. The third kappa shape index (κ3) is 4.51. The SMILES string of the molecule is COC(=O)C1(C(c2cccc(COCc3ccc(OC)cc3)c2)c2ccc3c(c2)nnn3C)CC1. The van der Waals surface area contributed by atoms with E-state index in [0.717, 1.165) is 51.9 Å². The van der Waals surface area contributed by atoms with E-state index in [0.29, 0.717) is 13.2 Å². The molecule has 0 spiro atoms. The number of rotatable bonds is 9. The number of nitrogens with zero attached hydrogens (tertiary/aromatic N) is 3. The van der Waals surface area contributed by atoms with Gasteiger partial charge in [0, 0.05) is 13.0 Å². The number of aryl methyl sites for hydroxylation is 1. The summed E-state index contributed by atoms with van der Waals surface area (Å²) in [5, 5.41) is 8.42. The van der Waals surface area contributed by atoms with Gasteiger partial charge in [-0.1, -0.05) is 47.7 Å². The van der Waals surface area contributed by atoms with Crippen LogP contribution in [-0.4, -0.2) is 35.2 Å². The molecule has 0 bridgehead atoms. The van der Waals surface area contributed by atoms with Crippen molar-refractivity contribution in [2.24, 2.45) is 12.5 Å². The van der Waals surface area contributed by atoms with Gasteiger partial charge >= 0.3 is 5.97 Å². The fourth-order valence-corrected chi connectivity index (χ4v) is 4.89. The van der Waals surface area contributed by atoms with E-state index in [1.165, 1.54) is 7.11 Å². The number of ether oxygens (including phenoxy) is 3. The lowest BCUT2D eigenvalue weighted by molar-refractivity contribution is -0.147. The molecule has 180 valence electrons. The molecule has 0 N–H and O–H groups in total. The van der Waals surface area contributed by atoms with Crippen molar-refractivity contribution in [3.63, 3.8) is 0 Å². The zero-order valence-corrected chi connectivity index (χ0v) is 20.2. The number of hydrogen-bond donors (Lipinski definition) is 0. The van der Waals surface area contributed by atoms with Crippen LogP contribution in [0.2, 0.25) is 0 Å². The fourth-order valence-electron chi connectivity index (χ4n) is 4.89. The first-order chi connectivity index (χ1) is 17.0. The van der Waals surface area contributed by atoms with Crippen LogP contribution in [0.4, 0.5) is 0 Å². The van der Waals surface area contributed by atoms with E-state index in [2.05, 4.69) is 34.6 Å². The molecule has 7 nitrogen and oxygen atoms in total. The van der Waals surface area contributed by atoms with Crippen LogP contribution >= 0.6 is 0 Å². The third-order valence-electron chi connectivity index (χ3n) is 6.88. The largest absolute Gasteiger partial charge is 0.497 e. The molecular formula is C28H29N3O4. The summed E-state index contributed by atoms with van der Waals surface area (Å²) in [5.74, 6) is 0.526. The van der Waals surface area contributed by atoms with Crippen molar-refractivity contribution < 1.29 is 19.0 Å². The van der Waals surface area contributed by atoms with E-state index in [1.54, 1.807) is 11.8 Å². The Bertz CT molecular complexity index is 1340. The van der Waals surface area contributed by atoms with Crippen LogP contribution in [0, 0.1) is 5.41 Å². The molecule has 4 aromatic rings. The average molecular weight is 472 g/mol. The van der Waals surface area contributed by atoms with Crippen LogP contribution < -0.4 is 4.74 Å². The summed E-state index contributed by atoms with van der Waals surface area (Å²) < 4.78 is 18.2. The molecule has 0 amide bonds.